The summed E-state index contributed by atoms with van der Waals surface area (Å²) in [5.74, 6) is 0.858. The van der Waals surface area contributed by atoms with Crippen molar-refractivity contribution in [3.05, 3.63) is 30.3 Å². The van der Waals surface area contributed by atoms with Crippen molar-refractivity contribution in [2.24, 2.45) is 0 Å². The fourth-order valence-electron chi connectivity index (χ4n) is 1.27. The van der Waals surface area contributed by atoms with Gasteiger partial charge in [-0.05, 0) is 25.5 Å². The van der Waals surface area contributed by atoms with Crippen molar-refractivity contribution >= 4 is 5.78 Å². The van der Waals surface area contributed by atoms with Gasteiger partial charge < -0.3 is 4.74 Å². The van der Waals surface area contributed by atoms with Gasteiger partial charge in [0.25, 0.3) is 0 Å². The van der Waals surface area contributed by atoms with Crippen LogP contribution in [0.25, 0.3) is 0 Å². The number of rotatable bonds is 5. The molecule has 0 radical (unpaired) electrons. The van der Waals surface area contributed by atoms with Crippen LogP contribution in [0.5, 0.6) is 5.75 Å². The van der Waals surface area contributed by atoms with Crippen molar-refractivity contribution in [3.8, 4) is 5.75 Å². The topological polar surface area (TPSA) is 26.3 Å². The summed E-state index contributed by atoms with van der Waals surface area (Å²) in [5, 5.41) is 0. The maximum Gasteiger partial charge on any atom is 0.170 e. The molecule has 2 nitrogen and oxygen atoms in total. The molecule has 0 aliphatic carbocycles. The summed E-state index contributed by atoms with van der Waals surface area (Å²) in [6, 6.07) is 9.46. The third kappa shape index (κ3) is 3.21. The summed E-state index contributed by atoms with van der Waals surface area (Å²) >= 11 is 0. The molecule has 0 heterocycles. The average molecular weight is 192 g/mol. The minimum Gasteiger partial charge on any atom is -0.483 e. The molecule has 0 saturated heterocycles. The number of benzene rings is 1. The number of carbonyl (C=O) groups excluding carboxylic acids is 1. The third-order valence-electron chi connectivity index (χ3n) is 2.03. The van der Waals surface area contributed by atoms with Gasteiger partial charge >= 0.3 is 0 Å². The Bertz CT molecular complexity index is 280. The van der Waals surface area contributed by atoms with E-state index in [1.54, 1.807) is 6.92 Å². The largest absolute Gasteiger partial charge is 0.483 e. The molecule has 0 aliphatic rings. The van der Waals surface area contributed by atoms with Gasteiger partial charge in [0.05, 0.1) is 0 Å². The zero-order chi connectivity index (χ0) is 10.4. The van der Waals surface area contributed by atoms with Gasteiger partial charge in [-0.3, -0.25) is 4.79 Å². The van der Waals surface area contributed by atoms with Gasteiger partial charge in [0.2, 0.25) is 0 Å². The second-order valence-electron chi connectivity index (χ2n) is 3.32. The average Bonchev–Trinajstić information content (AvgIpc) is 2.18. The standard InChI is InChI=1S/C12H16O2/c1-3-7-12(10(2)13)14-11-8-5-4-6-9-11/h4-6,8-9,12H,3,7H2,1-2H3. The highest BCUT2D eigenvalue weighted by atomic mass is 16.5. The van der Waals surface area contributed by atoms with E-state index in [1.165, 1.54) is 0 Å². The zero-order valence-corrected chi connectivity index (χ0v) is 8.69. The van der Waals surface area contributed by atoms with Gasteiger partial charge in [-0.1, -0.05) is 31.5 Å². The van der Waals surface area contributed by atoms with E-state index in [9.17, 15) is 4.79 Å². The lowest BCUT2D eigenvalue weighted by Crippen LogP contribution is -2.24. The predicted molar refractivity (Wildman–Crippen MR) is 56.4 cm³/mol. The van der Waals surface area contributed by atoms with Crippen molar-refractivity contribution in [2.75, 3.05) is 0 Å². The molecule has 1 aromatic rings. The van der Waals surface area contributed by atoms with Crippen LogP contribution in [0, 0.1) is 0 Å². The summed E-state index contributed by atoms with van der Waals surface area (Å²) < 4.78 is 5.57. The number of carbonyl (C=O) groups is 1. The molecular formula is C12H16O2. The summed E-state index contributed by atoms with van der Waals surface area (Å²) in [6.45, 7) is 3.62. The monoisotopic (exact) mass is 192 g/mol. The van der Waals surface area contributed by atoms with Gasteiger partial charge in [0.1, 0.15) is 5.75 Å². The van der Waals surface area contributed by atoms with Crippen molar-refractivity contribution in [3.63, 3.8) is 0 Å². The molecule has 0 aliphatic heterocycles. The first-order chi connectivity index (χ1) is 6.74. The molecule has 0 saturated carbocycles. The van der Waals surface area contributed by atoms with Crippen LogP contribution < -0.4 is 4.74 Å². The summed E-state index contributed by atoms with van der Waals surface area (Å²) in [4.78, 5) is 11.2. The van der Waals surface area contributed by atoms with Crippen LogP contribution in [0.3, 0.4) is 0 Å². The van der Waals surface area contributed by atoms with E-state index in [4.69, 9.17) is 4.74 Å². The van der Waals surface area contributed by atoms with Gasteiger partial charge in [-0.15, -0.1) is 0 Å². The minimum atomic E-state index is -0.289. The lowest BCUT2D eigenvalue weighted by atomic mass is 10.1. The van der Waals surface area contributed by atoms with E-state index in [-0.39, 0.29) is 11.9 Å². The summed E-state index contributed by atoms with van der Waals surface area (Å²) in [5.41, 5.74) is 0. The highest BCUT2D eigenvalue weighted by Crippen LogP contribution is 2.13. The smallest absolute Gasteiger partial charge is 0.170 e. The molecule has 1 atom stereocenters. The zero-order valence-electron chi connectivity index (χ0n) is 8.69. The van der Waals surface area contributed by atoms with Crippen LogP contribution in [0.2, 0.25) is 0 Å². The number of para-hydroxylation sites is 1. The fraction of sp³-hybridized carbons (Fsp3) is 0.417. The Kier molecular flexibility index (Phi) is 4.17. The van der Waals surface area contributed by atoms with Crippen molar-refractivity contribution in [1.82, 2.24) is 0 Å². The van der Waals surface area contributed by atoms with Crippen LogP contribution in [0.4, 0.5) is 0 Å². The van der Waals surface area contributed by atoms with Crippen LogP contribution in [-0.4, -0.2) is 11.9 Å². The van der Waals surface area contributed by atoms with Crippen molar-refractivity contribution in [2.45, 2.75) is 32.8 Å². The Morgan fingerprint density at radius 2 is 2.00 bits per heavy atom. The van der Waals surface area contributed by atoms with Gasteiger partial charge in [-0.25, -0.2) is 0 Å². The van der Waals surface area contributed by atoms with E-state index < -0.39 is 0 Å². The molecule has 0 bridgehead atoms. The lowest BCUT2D eigenvalue weighted by molar-refractivity contribution is -0.123. The molecule has 14 heavy (non-hydrogen) atoms. The van der Waals surface area contributed by atoms with E-state index >= 15 is 0 Å². The highest BCUT2D eigenvalue weighted by Gasteiger charge is 2.14. The Labute approximate surface area is 84.9 Å². The first-order valence-corrected chi connectivity index (χ1v) is 4.96. The maximum atomic E-state index is 11.2. The number of ketones is 1. The van der Waals surface area contributed by atoms with Crippen LogP contribution in [0.1, 0.15) is 26.7 Å². The first-order valence-electron chi connectivity index (χ1n) is 4.96. The van der Waals surface area contributed by atoms with Gasteiger partial charge in [-0.2, -0.15) is 0 Å². The maximum absolute atomic E-state index is 11.2. The SMILES string of the molecule is CCCC(Oc1ccccc1)C(C)=O. The van der Waals surface area contributed by atoms with Gasteiger partial charge in [0.15, 0.2) is 11.9 Å². The van der Waals surface area contributed by atoms with Crippen molar-refractivity contribution in [1.29, 1.82) is 0 Å². The fourth-order valence-corrected chi connectivity index (χ4v) is 1.27. The Morgan fingerprint density at radius 1 is 1.36 bits per heavy atom. The van der Waals surface area contributed by atoms with Crippen LogP contribution in [-0.2, 0) is 4.79 Å². The van der Waals surface area contributed by atoms with Crippen molar-refractivity contribution < 1.29 is 9.53 Å². The quantitative estimate of drug-likeness (QED) is 0.717. The van der Waals surface area contributed by atoms with E-state index in [0.29, 0.717) is 0 Å². The lowest BCUT2D eigenvalue weighted by Gasteiger charge is -2.15. The molecular weight excluding hydrogens is 176 g/mol. The number of hydrogen-bond acceptors (Lipinski definition) is 2. The predicted octanol–water partition coefficient (Wildman–Crippen LogP) is 2.82. The molecule has 1 aromatic carbocycles. The molecule has 0 spiro atoms. The Balaban J connectivity index is 2.60. The second-order valence-corrected chi connectivity index (χ2v) is 3.32. The molecule has 2 heteroatoms. The molecule has 0 amide bonds. The number of hydrogen-bond donors (Lipinski definition) is 0. The van der Waals surface area contributed by atoms with E-state index in [2.05, 4.69) is 0 Å². The summed E-state index contributed by atoms with van der Waals surface area (Å²) in [7, 11) is 0. The third-order valence-corrected chi connectivity index (χ3v) is 2.03. The molecule has 1 rings (SSSR count). The molecule has 1 unspecified atom stereocenters. The second kappa shape index (κ2) is 5.43. The van der Waals surface area contributed by atoms with Gasteiger partial charge in [0, 0.05) is 0 Å². The Hall–Kier alpha value is -1.31. The van der Waals surface area contributed by atoms with Crippen LogP contribution in [0.15, 0.2) is 30.3 Å². The minimum absolute atomic E-state index is 0.0932. The van der Waals surface area contributed by atoms with Crippen LogP contribution >= 0.6 is 0 Å². The van der Waals surface area contributed by atoms with E-state index in [1.807, 2.05) is 37.3 Å². The van der Waals surface area contributed by atoms with E-state index in [0.717, 1.165) is 18.6 Å². The highest BCUT2D eigenvalue weighted by molar-refractivity contribution is 5.80. The molecule has 76 valence electrons. The molecule has 0 fully saturated rings. The molecule has 0 N–H and O–H groups in total. The summed E-state index contributed by atoms with van der Waals surface area (Å²) in [6.07, 6.45) is 1.45. The first kappa shape index (κ1) is 10.8. The normalized spacial score (nSPS) is 12.1. The molecule has 0 aromatic heterocycles. The Morgan fingerprint density at radius 3 is 2.50 bits per heavy atom. The number of ether oxygens (including phenoxy) is 1. The number of Topliss-reactive ketones (excluding diaryl/α,β-unsaturated/α-hetero) is 1.